The molecule has 3 nitrogen and oxygen atoms in total. The fourth-order valence-electron chi connectivity index (χ4n) is 1.55. The van der Waals surface area contributed by atoms with Gasteiger partial charge >= 0.3 is 0 Å². The molecule has 2 rings (SSSR count). The van der Waals surface area contributed by atoms with Gasteiger partial charge in [-0.15, -0.1) is 11.3 Å². The first-order chi connectivity index (χ1) is 6.31. The van der Waals surface area contributed by atoms with Crippen molar-refractivity contribution in [1.29, 1.82) is 0 Å². The van der Waals surface area contributed by atoms with E-state index in [2.05, 4.69) is 4.98 Å². The first-order valence-corrected chi connectivity index (χ1v) is 5.34. The quantitative estimate of drug-likeness (QED) is 0.738. The minimum Gasteiger partial charge on any atom is -0.330 e. The molecular weight excluding hydrogens is 184 g/mol. The molecule has 0 spiro atoms. The third-order valence-corrected chi connectivity index (χ3v) is 3.40. The number of ketones is 1. The van der Waals surface area contributed by atoms with E-state index in [1.807, 2.05) is 0 Å². The Hall–Kier alpha value is -0.740. The van der Waals surface area contributed by atoms with Gasteiger partial charge in [0.15, 0.2) is 10.8 Å². The van der Waals surface area contributed by atoms with Gasteiger partial charge in [0.25, 0.3) is 0 Å². The lowest BCUT2D eigenvalue weighted by molar-refractivity contribution is 0.0985. The standard InChI is InChI=1S/C9H12N2OS/c10-5-4-7(12)9-11-6-2-1-3-8(6)13-9/h1-5,10H2. The third kappa shape index (κ3) is 1.64. The number of rotatable bonds is 3. The number of aryl methyl sites for hydroxylation is 2. The maximum Gasteiger partial charge on any atom is 0.192 e. The molecular formula is C9H12N2OS. The van der Waals surface area contributed by atoms with E-state index in [0.29, 0.717) is 18.0 Å². The highest BCUT2D eigenvalue weighted by Crippen LogP contribution is 2.27. The Bertz CT molecular complexity index is 311. The molecule has 0 unspecified atom stereocenters. The van der Waals surface area contributed by atoms with E-state index in [0.717, 1.165) is 18.5 Å². The SMILES string of the molecule is NCCC(=O)c1nc2c(s1)CCC2. The Labute approximate surface area is 81.0 Å². The van der Waals surface area contributed by atoms with Crippen molar-refractivity contribution >= 4 is 17.1 Å². The van der Waals surface area contributed by atoms with Crippen LogP contribution in [-0.4, -0.2) is 17.3 Å². The van der Waals surface area contributed by atoms with E-state index < -0.39 is 0 Å². The second-order valence-corrected chi connectivity index (χ2v) is 4.29. The van der Waals surface area contributed by atoms with Crippen molar-refractivity contribution in [3.8, 4) is 0 Å². The van der Waals surface area contributed by atoms with E-state index in [4.69, 9.17) is 5.73 Å². The summed E-state index contributed by atoms with van der Waals surface area (Å²) < 4.78 is 0. The van der Waals surface area contributed by atoms with Crippen LogP contribution >= 0.6 is 11.3 Å². The van der Waals surface area contributed by atoms with Crippen molar-refractivity contribution in [2.45, 2.75) is 25.7 Å². The second kappa shape index (κ2) is 3.55. The predicted molar refractivity (Wildman–Crippen MR) is 52.1 cm³/mol. The van der Waals surface area contributed by atoms with Crippen LogP contribution in [0.25, 0.3) is 0 Å². The molecule has 0 aliphatic heterocycles. The maximum atomic E-state index is 11.4. The Morgan fingerprint density at radius 1 is 1.54 bits per heavy atom. The minimum atomic E-state index is 0.0990. The number of carbonyl (C=O) groups is 1. The summed E-state index contributed by atoms with van der Waals surface area (Å²) in [6.07, 6.45) is 3.76. The topological polar surface area (TPSA) is 56.0 Å². The highest BCUT2D eigenvalue weighted by atomic mass is 32.1. The van der Waals surface area contributed by atoms with Crippen molar-refractivity contribution in [3.63, 3.8) is 0 Å². The summed E-state index contributed by atoms with van der Waals surface area (Å²) in [7, 11) is 0. The first-order valence-electron chi connectivity index (χ1n) is 4.53. The van der Waals surface area contributed by atoms with Crippen molar-refractivity contribution in [2.24, 2.45) is 5.73 Å². The van der Waals surface area contributed by atoms with Gasteiger partial charge in [0, 0.05) is 11.3 Å². The molecule has 1 heterocycles. The Morgan fingerprint density at radius 3 is 3.08 bits per heavy atom. The molecule has 1 aliphatic carbocycles. The van der Waals surface area contributed by atoms with Crippen LogP contribution in [0.4, 0.5) is 0 Å². The average Bonchev–Trinajstić information content (AvgIpc) is 2.61. The maximum absolute atomic E-state index is 11.4. The number of hydrogen-bond acceptors (Lipinski definition) is 4. The molecule has 13 heavy (non-hydrogen) atoms. The Morgan fingerprint density at radius 2 is 2.38 bits per heavy atom. The van der Waals surface area contributed by atoms with E-state index in [-0.39, 0.29) is 5.78 Å². The van der Waals surface area contributed by atoms with Gasteiger partial charge in [-0.2, -0.15) is 0 Å². The molecule has 0 bridgehead atoms. The molecule has 4 heteroatoms. The largest absolute Gasteiger partial charge is 0.330 e. The zero-order valence-corrected chi connectivity index (χ0v) is 8.19. The number of fused-ring (bicyclic) bond motifs is 1. The second-order valence-electron chi connectivity index (χ2n) is 3.20. The molecule has 0 saturated carbocycles. The molecule has 0 atom stereocenters. The average molecular weight is 196 g/mol. The summed E-state index contributed by atoms with van der Waals surface area (Å²) in [5.41, 5.74) is 6.46. The van der Waals surface area contributed by atoms with Gasteiger partial charge in [-0.05, 0) is 25.8 Å². The fourth-order valence-corrected chi connectivity index (χ4v) is 2.66. The number of nitrogens with two attached hydrogens (primary N) is 1. The lowest BCUT2D eigenvalue weighted by Gasteiger charge is -1.92. The van der Waals surface area contributed by atoms with E-state index in [9.17, 15) is 4.79 Å². The van der Waals surface area contributed by atoms with Crippen molar-refractivity contribution in [1.82, 2.24) is 4.98 Å². The predicted octanol–water partition coefficient (Wildman–Crippen LogP) is 1.16. The monoisotopic (exact) mass is 196 g/mol. The highest BCUT2D eigenvalue weighted by Gasteiger charge is 2.19. The summed E-state index contributed by atoms with van der Waals surface area (Å²) in [4.78, 5) is 17.0. The summed E-state index contributed by atoms with van der Waals surface area (Å²) in [6.45, 7) is 0.420. The van der Waals surface area contributed by atoms with E-state index in [1.54, 1.807) is 11.3 Å². The molecule has 70 valence electrons. The van der Waals surface area contributed by atoms with Gasteiger partial charge in [0.1, 0.15) is 0 Å². The van der Waals surface area contributed by atoms with Crippen LogP contribution in [0.3, 0.4) is 0 Å². The molecule has 0 radical (unpaired) electrons. The summed E-state index contributed by atoms with van der Waals surface area (Å²) in [5, 5.41) is 0.662. The van der Waals surface area contributed by atoms with Crippen LogP contribution < -0.4 is 5.73 Å². The van der Waals surface area contributed by atoms with Crippen LogP contribution in [0.5, 0.6) is 0 Å². The van der Waals surface area contributed by atoms with Crippen molar-refractivity contribution < 1.29 is 4.79 Å². The normalized spacial score (nSPS) is 14.5. The van der Waals surface area contributed by atoms with Gasteiger partial charge in [-0.25, -0.2) is 4.98 Å². The number of nitrogens with zero attached hydrogens (tertiary/aromatic N) is 1. The number of carbonyl (C=O) groups excluding carboxylic acids is 1. The van der Waals surface area contributed by atoms with Gasteiger partial charge in [0.05, 0.1) is 5.69 Å². The smallest absolute Gasteiger partial charge is 0.192 e. The Balaban J connectivity index is 2.18. The van der Waals surface area contributed by atoms with Crippen LogP contribution in [0.1, 0.15) is 33.2 Å². The van der Waals surface area contributed by atoms with E-state index >= 15 is 0 Å². The zero-order valence-electron chi connectivity index (χ0n) is 7.38. The van der Waals surface area contributed by atoms with Crippen LogP contribution in [0.2, 0.25) is 0 Å². The number of Topliss-reactive ketones (excluding diaryl/α,β-unsaturated/α-hetero) is 1. The molecule has 0 amide bonds. The molecule has 0 saturated heterocycles. The molecule has 1 aromatic rings. The number of hydrogen-bond donors (Lipinski definition) is 1. The van der Waals surface area contributed by atoms with Gasteiger partial charge < -0.3 is 5.73 Å². The van der Waals surface area contributed by atoms with E-state index in [1.165, 1.54) is 11.3 Å². The Kier molecular flexibility index (Phi) is 2.42. The lowest BCUT2D eigenvalue weighted by Crippen LogP contribution is -2.07. The number of aromatic nitrogens is 1. The highest BCUT2D eigenvalue weighted by molar-refractivity contribution is 7.13. The summed E-state index contributed by atoms with van der Waals surface area (Å²) in [5.74, 6) is 0.0990. The first kappa shape index (κ1) is 8.84. The molecule has 2 N–H and O–H groups in total. The minimum absolute atomic E-state index is 0.0990. The fraction of sp³-hybridized carbons (Fsp3) is 0.556. The zero-order chi connectivity index (χ0) is 9.26. The molecule has 1 aromatic heterocycles. The van der Waals surface area contributed by atoms with Crippen LogP contribution in [0, 0.1) is 0 Å². The third-order valence-electron chi connectivity index (χ3n) is 2.21. The van der Waals surface area contributed by atoms with Crippen LogP contribution in [-0.2, 0) is 12.8 Å². The van der Waals surface area contributed by atoms with Crippen molar-refractivity contribution in [3.05, 3.63) is 15.6 Å². The number of thiazole rings is 1. The lowest BCUT2D eigenvalue weighted by atomic mass is 10.3. The van der Waals surface area contributed by atoms with Gasteiger partial charge in [-0.3, -0.25) is 4.79 Å². The summed E-state index contributed by atoms with van der Waals surface area (Å²) >= 11 is 1.55. The molecule has 0 aromatic carbocycles. The van der Waals surface area contributed by atoms with Gasteiger partial charge in [-0.1, -0.05) is 0 Å². The van der Waals surface area contributed by atoms with Crippen LogP contribution in [0.15, 0.2) is 0 Å². The summed E-state index contributed by atoms with van der Waals surface area (Å²) in [6, 6.07) is 0. The molecule has 1 aliphatic rings. The molecule has 0 fully saturated rings. The van der Waals surface area contributed by atoms with Crippen molar-refractivity contribution in [2.75, 3.05) is 6.54 Å². The van der Waals surface area contributed by atoms with Gasteiger partial charge in [0.2, 0.25) is 0 Å².